The highest BCUT2D eigenvalue weighted by Crippen LogP contribution is 2.48. The number of benzene rings is 13. The van der Waals surface area contributed by atoms with E-state index in [4.69, 9.17) is 0 Å². The Morgan fingerprint density at radius 2 is 0.441 bits per heavy atom. The molecule has 0 saturated heterocycles. The van der Waals surface area contributed by atoms with Gasteiger partial charge in [-0.1, -0.05) is 243 Å². The Balaban J connectivity index is 0.996. The molecule has 0 radical (unpaired) electrons. The normalized spacial score (nSPS) is 11.5. The number of fused-ring (bicyclic) bond motifs is 5. The third-order valence-corrected chi connectivity index (χ3v) is 14.0. The zero-order valence-corrected chi connectivity index (χ0v) is 37.4. The van der Waals surface area contributed by atoms with Crippen molar-refractivity contribution in [3.63, 3.8) is 0 Å². The number of hydrogen-bond donors (Lipinski definition) is 0. The van der Waals surface area contributed by atoms with E-state index in [-0.39, 0.29) is 0 Å². The summed E-state index contributed by atoms with van der Waals surface area (Å²) in [6, 6.07) is 98.4. The summed E-state index contributed by atoms with van der Waals surface area (Å²) in [7, 11) is 0. The lowest BCUT2D eigenvalue weighted by molar-refractivity contribution is 1.60. The van der Waals surface area contributed by atoms with Gasteiger partial charge in [-0.15, -0.1) is 0 Å². The molecular formula is C68H44. The van der Waals surface area contributed by atoms with E-state index in [0.717, 1.165) is 0 Å². The van der Waals surface area contributed by atoms with Gasteiger partial charge in [0.1, 0.15) is 0 Å². The maximum absolute atomic E-state index is 2.44. The molecule has 0 aliphatic carbocycles. The van der Waals surface area contributed by atoms with Gasteiger partial charge in [0.2, 0.25) is 0 Å². The minimum Gasteiger partial charge on any atom is -0.0622 e. The second kappa shape index (κ2) is 16.5. The van der Waals surface area contributed by atoms with E-state index < -0.39 is 0 Å². The zero-order chi connectivity index (χ0) is 45.0. The number of rotatable bonds is 7. The summed E-state index contributed by atoms with van der Waals surface area (Å²) in [6.07, 6.45) is 0. The van der Waals surface area contributed by atoms with Crippen LogP contribution in [0.5, 0.6) is 0 Å². The fraction of sp³-hybridized carbons (Fsp3) is 0. The monoisotopic (exact) mass is 860 g/mol. The van der Waals surface area contributed by atoms with Crippen LogP contribution in [0.25, 0.3) is 132 Å². The molecule has 0 aliphatic heterocycles. The van der Waals surface area contributed by atoms with Gasteiger partial charge < -0.3 is 0 Å². The average Bonchev–Trinajstić information content (AvgIpc) is 3.42. The minimum atomic E-state index is 1.18. The summed E-state index contributed by atoms with van der Waals surface area (Å²) in [6.45, 7) is 0. The fourth-order valence-electron chi connectivity index (χ4n) is 10.9. The van der Waals surface area contributed by atoms with Crippen molar-refractivity contribution in [2.45, 2.75) is 0 Å². The molecule has 316 valence electrons. The van der Waals surface area contributed by atoms with Crippen molar-refractivity contribution in [1.82, 2.24) is 0 Å². The maximum atomic E-state index is 2.44. The second-order valence-electron chi connectivity index (χ2n) is 17.9. The number of hydrogen-bond acceptors (Lipinski definition) is 0. The molecule has 0 unspecified atom stereocenters. The third kappa shape index (κ3) is 6.77. The molecule has 0 spiro atoms. The van der Waals surface area contributed by atoms with Crippen LogP contribution in [0.2, 0.25) is 0 Å². The van der Waals surface area contributed by atoms with Gasteiger partial charge in [-0.25, -0.2) is 0 Å². The van der Waals surface area contributed by atoms with Crippen LogP contribution in [-0.4, -0.2) is 0 Å². The van der Waals surface area contributed by atoms with Crippen LogP contribution in [0.3, 0.4) is 0 Å². The largest absolute Gasteiger partial charge is 0.0622 e. The topological polar surface area (TPSA) is 0 Å². The van der Waals surface area contributed by atoms with Crippen molar-refractivity contribution in [2.24, 2.45) is 0 Å². The molecule has 0 heterocycles. The van der Waals surface area contributed by atoms with Gasteiger partial charge >= 0.3 is 0 Å². The summed E-state index contributed by atoms with van der Waals surface area (Å²) < 4.78 is 0. The quantitative estimate of drug-likeness (QED) is 0.140. The first-order valence-corrected chi connectivity index (χ1v) is 23.6. The molecule has 0 atom stereocenters. The molecule has 0 fully saturated rings. The zero-order valence-electron chi connectivity index (χ0n) is 37.4. The molecule has 0 N–H and O–H groups in total. The molecule has 0 bridgehead atoms. The summed E-state index contributed by atoms with van der Waals surface area (Å²) in [4.78, 5) is 0. The van der Waals surface area contributed by atoms with Crippen molar-refractivity contribution in [3.05, 3.63) is 267 Å². The molecule has 0 amide bonds. The van der Waals surface area contributed by atoms with Gasteiger partial charge in [-0.3, -0.25) is 0 Å². The van der Waals surface area contributed by atoms with E-state index >= 15 is 0 Å². The second-order valence-corrected chi connectivity index (χ2v) is 17.9. The van der Waals surface area contributed by atoms with Gasteiger partial charge in [0.15, 0.2) is 0 Å². The van der Waals surface area contributed by atoms with Gasteiger partial charge in [-0.2, -0.15) is 0 Å². The van der Waals surface area contributed by atoms with E-state index in [2.05, 4.69) is 267 Å². The third-order valence-electron chi connectivity index (χ3n) is 14.0. The fourth-order valence-corrected chi connectivity index (χ4v) is 10.9. The summed E-state index contributed by atoms with van der Waals surface area (Å²) in [5.41, 5.74) is 17.1. The standard InChI is InChI=1S/C68H44/c1-3-17-45(18-4-1)51-23-15-25-54(41-51)66-61-31-13-14-32-62(61)68(55-26-16-24-52(42-55)46-19-5-2-6-20-46)64-44-53(39-40-63(64)66)48-33-36-49(37-34-48)65-57-27-9-11-29-59(57)67(60-30-12-10-28-58(60)65)56-38-35-47-21-7-8-22-50(47)43-56/h1-44H. The Hall–Kier alpha value is -8.84. The van der Waals surface area contributed by atoms with Gasteiger partial charge in [-0.05, 0) is 156 Å². The van der Waals surface area contributed by atoms with Crippen molar-refractivity contribution in [1.29, 1.82) is 0 Å². The molecule has 0 aromatic heterocycles. The Labute approximate surface area is 396 Å². The first-order valence-electron chi connectivity index (χ1n) is 23.6. The molecule has 13 rings (SSSR count). The summed E-state index contributed by atoms with van der Waals surface area (Å²) in [5, 5.41) is 12.5. The Morgan fingerprint density at radius 3 is 0.956 bits per heavy atom. The van der Waals surface area contributed by atoms with E-state index in [9.17, 15) is 0 Å². The van der Waals surface area contributed by atoms with Crippen LogP contribution in [0.1, 0.15) is 0 Å². The molecule has 68 heavy (non-hydrogen) atoms. The Kier molecular flexibility index (Phi) is 9.62. The van der Waals surface area contributed by atoms with E-state index in [1.807, 2.05) is 0 Å². The predicted molar refractivity (Wildman–Crippen MR) is 292 cm³/mol. The highest BCUT2D eigenvalue weighted by molar-refractivity contribution is 6.23. The van der Waals surface area contributed by atoms with Gasteiger partial charge in [0.25, 0.3) is 0 Å². The minimum absolute atomic E-state index is 1.18. The van der Waals surface area contributed by atoms with E-state index in [0.29, 0.717) is 0 Å². The Bertz CT molecular complexity index is 3990. The van der Waals surface area contributed by atoms with Crippen LogP contribution >= 0.6 is 0 Å². The average molecular weight is 861 g/mol. The van der Waals surface area contributed by atoms with Crippen molar-refractivity contribution in [2.75, 3.05) is 0 Å². The smallest absolute Gasteiger partial charge is 0.00259 e. The molecule has 0 saturated carbocycles. The van der Waals surface area contributed by atoms with Crippen molar-refractivity contribution < 1.29 is 0 Å². The maximum Gasteiger partial charge on any atom is -0.00259 e. The Morgan fingerprint density at radius 1 is 0.132 bits per heavy atom. The van der Waals surface area contributed by atoms with Crippen LogP contribution < -0.4 is 0 Å². The van der Waals surface area contributed by atoms with Crippen LogP contribution in [0.15, 0.2) is 267 Å². The highest BCUT2D eigenvalue weighted by atomic mass is 14.2. The van der Waals surface area contributed by atoms with Gasteiger partial charge in [0, 0.05) is 0 Å². The predicted octanol–water partition coefficient (Wildman–Crippen LogP) is 19.1. The molecule has 0 heteroatoms. The van der Waals surface area contributed by atoms with Crippen molar-refractivity contribution >= 4 is 53.9 Å². The lowest BCUT2D eigenvalue weighted by atomic mass is 9.83. The molecule has 13 aromatic rings. The van der Waals surface area contributed by atoms with Crippen LogP contribution in [-0.2, 0) is 0 Å². The highest BCUT2D eigenvalue weighted by Gasteiger charge is 2.20. The van der Waals surface area contributed by atoms with Crippen molar-refractivity contribution in [3.8, 4) is 77.9 Å². The lowest BCUT2D eigenvalue weighted by Gasteiger charge is -2.20. The first-order chi connectivity index (χ1) is 33.7. The SMILES string of the molecule is c1ccc(-c2cccc(-c3c4ccccc4c(-c4cccc(-c5ccccc5)c4)c4cc(-c5ccc(-c6c7ccccc7c(-c7ccc8ccccc8c7)c7ccccc67)cc5)ccc34)c2)cc1. The summed E-state index contributed by atoms with van der Waals surface area (Å²) in [5.74, 6) is 0. The molecule has 13 aromatic carbocycles. The molecular weight excluding hydrogens is 817 g/mol. The van der Waals surface area contributed by atoms with Crippen LogP contribution in [0.4, 0.5) is 0 Å². The van der Waals surface area contributed by atoms with Gasteiger partial charge in [0.05, 0.1) is 0 Å². The van der Waals surface area contributed by atoms with E-state index in [1.165, 1.54) is 132 Å². The van der Waals surface area contributed by atoms with Crippen LogP contribution in [0, 0.1) is 0 Å². The summed E-state index contributed by atoms with van der Waals surface area (Å²) >= 11 is 0. The first kappa shape index (κ1) is 39.5. The molecule has 0 nitrogen and oxygen atoms in total. The molecule has 0 aliphatic rings. The lowest BCUT2D eigenvalue weighted by Crippen LogP contribution is -1.93. The van der Waals surface area contributed by atoms with E-state index in [1.54, 1.807) is 0 Å².